The van der Waals surface area contributed by atoms with Crippen LogP contribution in [0.3, 0.4) is 0 Å². The molecule has 0 unspecified atom stereocenters. The molecule has 0 radical (unpaired) electrons. The normalized spacial score (nSPS) is 10.2. The van der Waals surface area contributed by atoms with E-state index in [0.717, 1.165) is 0 Å². The molecule has 0 spiro atoms. The predicted molar refractivity (Wildman–Crippen MR) is 50.9 cm³/mol. The number of carbonyl (C=O) groups is 1. The van der Waals surface area contributed by atoms with E-state index in [-0.39, 0.29) is 28.2 Å². The minimum Gasteiger partial charge on any atom is -0.507 e. The monoisotopic (exact) mass is 196 g/mol. The van der Waals surface area contributed by atoms with Crippen LogP contribution in [0.15, 0.2) is 0 Å². The molecule has 4 heteroatoms. The van der Waals surface area contributed by atoms with Crippen molar-refractivity contribution in [3.05, 3.63) is 22.3 Å². The summed E-state index contributed by atoms with van der Waals surface area (Å²) in [5.41, 5.74) is 0.839. The summed E-state index contributed by atoms with van der Waals surface area (Å²) in [4.78, 5) is 10.8. The number of aromatic carboxylic acids is 1. The van der Waals surface area contributed by atoms with E-state index >= 15 is 0 Å². The predicted octanol–water partition coefficient (Wildman–Crippen LogP) is 1.72. The standard InChI is InChI=1S/C10H12O4/c1-4-7(10(13)14)5(2)9(12)6(3)8(4)11/h11-12H,1-3H3,(H,13,14). The fourth-order valence-corrected chi connectivity index (χ4v) is 1.51. The fraction of sp³-hybridized carbons (Fsp3) is 0.300. The van der Waals surface area contributed by atoms with Crippen LogP contribution in [-0.4, -0.2) is 21.3 Å². The van der Waals surface area contributed by atoms with Crippen LogP contribution in [0.2, 0.25) is 0 Å². The van der Waals surface area contributed by atoms with Gasteiger partial charge in [-0.05, 0) is 20.8 Å². The van der Waals surface area contributed by atoms with Crippen LogP contribution >= 0.6 is 0 Å². The van der Waals surface area contributed by atoms with Gasteiger partial charge in [-0.2, -0.15) is 0 Å². The second-order valence-corrected chi connectivity index (χ2v) is 3.25. The van der Waals surface area contributed by atoms with Crippen molar-refractivity contribution >= 4 is 5.97 Å². The molecule has 0 bridgehead atoms. The van der Waals surface area contributed by atoms with Crippen LogP contribution in [0.4, 0.5) is 0 Å². The molecule has 0 saturated heterocycles. The average Bonchev–Trinajstić information content (AvgIpc) is 2.11. The number of carboxylic acid groups (broad SMARTS) is 1. The van der Waals surface area contributed by atoms with Crippen molar-refractivity contribution in [3.8, 4) is 11.5 Å². The third-order valence-electron chi connectivity index (χ3n) is 2.38. The van der Waals surface area contributed by atoms with Gasteiger partial charge in [-0.25, -0.2) is 4.79 Å². The van der Waals surface area contributed by atoms with Crippen molar-refractivity contribution in [1.82, 2.24) is 0 Å². The van der Waals surface area contributed by atoms with Gasteiger partial charge in [0, 0.05) is 16.7 Å². The average molecular weight is 196 g/mol. The molecule has 0 aliphatic heterocycles. The number of benzene rings is 1. The Hall–Kier alpha value is -1.71. The van der Waals surface area contributed by atoms with E-state index in [1.54, 1.807) is 0 Å². The van der Waals surface area contributed by atoms with Crippen LogP contribution in [0.25, 0.3) is 0 Å². The zero-order valence-electron chi connectivity index (χ0n) is 8.25. The molecule has 0 aliphatic carbocycles. The van der Waals surface area contributed by atoms with Crippen molar-refractivity contribution in [1.29, 1.82) is 0 Å². The number of hydrogen-bond acceptors (Lipinski definition) is 3. The van der Waals surface area contributed by atoms with Crippen molar-refractivity contribution < 1.29 is 20.1 Å². The highest BCUT2D eigenvalue weighted by Crippen LogP contribution is 2.36. The lowest BCUT2D eigenvalue weighted by Gasteiger charge is -2.12. The first-order chi connectivity index (χ1) is 6.37. The summed E-state index contributed by atoms with van der Waals surface area (Å²) >= 11 is 0. The highest BCUT2D eigenvalue weighted by molar-refractivity contribution is 5.93. The maximum Gasteiger partial charge on any atom is 0.336 e. The number of aromatic hydroxyl groups is 2. The lowest BCUT2D eigenvalue weighted by atomic mass is 9.97. The Bertz CT molecular complexity index is 378. The zero-order chi connectivity index (χ0) is 11.0. The first kappa shape index (κ1) is 10.4. The number of phenols is 2. The molecule has 1 aromatic carbocycles. The minimum absolute atomic E-state index is 0.0365. The third-order valence-corrected chi connectivity index (χ3v) is 2.38. The molecular formula is C10H12O4. The largest absolute Gasteiger partial charge is 0.507 e. The van der Waals surface area contributed by atoms with E-state index in [0.29, 0.717) is 5.56 Å². The van der Waals surface area contributed by atoms with Gasteiger partial charge in [0.15, 0.2) is 0 Å². The topological polar surface area (TPSA) is 77.8 Å². The smallest absolute Gasteiger partial charge is 0.336 e. The van der Waals surface area contributed by atoms with Crippen molar-refractivity contribution in [2.24, 2.45) is 0 Å². The quantitative estimate of drug-likeness (QED) is 0.639. The maximum atomic E-state index is 10.8. The second-order valence-electron chi connectivity index (χ2n) is 3.25. The molecule has 14 heavy (non-hydrogen) atoms. The van der Waals surface area contributed by atoms with Gasteiger partial charge in [0.1, 0.15) is 11.5 Å². The Morgan fingerprint density at radius 1 is 0.929 bits per heavy atom. The second kappa shape index (κ2) is 3.21. The van der Waals surface area contributed by atoms with Crippen LogP contribution in [0.1, 0.15) is 27.0 Å². The van der Waals surface area contributed by atoms with E-state index < -0.39 is 5.97 Å². The Morgan fingerprint density at radius 3 is 1.57 bits per heavy atom. The van der Waals surface area contributed by atoms with E-state index in [4.69, 9.17) is 5.11 Å². The van der Waals surface area contributed by atoms with Crippen LogP contribution in [0.5, 0.6) is 11.5 Å². The van der Waals surface area contributed by atoms with Gasteiger partial charge in [0.25, 0.3) is 0 Å². The molecule has 0 atom stereocenters. The van der Waals surface area contributed by atoms with E-state index in [1.807, 2.05) is 0 Å². The van der Waals surface area contributed by atoms with Gasteiger partial charge >= 0.3 is 5.97 Å². The van der Waals surface area contributed by atoms with E-state index in [2.05, 4.69) is 0 Å². The summed E-state index contributed by atoms with van der Waals surface area (Å²) in [7, 11) is 0. The van der Waals surface area contributed by atoms with Gasteiger partial charge in [0.05, 0.1) is 5.56 Å². The SMILES string of the molecule is Cc1c(O)c(C)c(C(=O)O)c(C)c1O. The Morgan fingerprint density at radius 2 is 1.29 bits per heavy atom. The molecule has 0 fully saturated rings. The van der Waals surface area contributed by atoms with Gasteiger partial charge in [-0.3, -0.25) is 0 Å². The van der Waals surface area contributed by atoms with E-state index in [1.165, 1.54) is 20.8 Å². The molecule has 0 heterocycles. The minimum atomic E-state index is -1.15. The lowest BCUT2D eigenvalue weighted by Crippen LogP contribution is -2.04. The summed E-state index contributed by atoms with van der Waals surface area (Å²) in [6, 6.07) is 0. The third kappa shape index (κ3) is 1.28. The van der Waals surface area contributed by atoms with Gasteiger partial charge in [0.2, 0.25) is 0 Å². The van der Waals surface area contributed by atoms with Crippen LogP contribution in [-0.2, 0) is 0 Å². The summed E-state index contributed by atoms with van der Waals surface area (Å²) in [6.45, 7) is 4.56. The molecule has 76 valence electrons. The first-order valence-corrected chi connectivity index (χ1v) is 4.12. The molecule has 3 N–H and O–H groups in total. The highest BCUT2D eigenvalue weighted by atomic mass is 16.4. The molecule has 1 aromatic rings. The molecule has 1 rings (SSSR count). The molecule has 0 amide bonds. The van der Waals surface area contributed by atoms with Gasteiger partial charge in [-0.1, -0.05) is 0 Å². The zero-order valence-corrected chi connectivity index (χ0v) is 8.25. The molecule has 0 aromatic heterocycles. The first-order valence-electron chi connectivity index (χ1n) is 4.12. The van der Waals surface area contributed by atoms with Crippen molar-refractivity contribution in [2.75, 3.05) is 0 Å². The van der Waals surface area contributed by atoms with Crippen LogP contribution in [0, 0.1) is 20.8 Å². The molecule has 4 nitrogen and oxygen atoms in total. The highest BCUT2D eigenvalue weighted by Gasteiger charge is 2.20. The van der Waals surface area contributed by atoms with Gasteiger partial charge in [-0.15, -0.1) is 0 Å². The molecular weight excluding hydrogens is 184 g/mol. The Labute approximate surface area is 81.4 Å². The summed E-state index contributed by atoms with van der Waals surface area (Å²) in [6.07, 6.45) is 0. The summed E-state index contributed by atoms with van der Waals surface area (Å²) < 4.78 is 0. The number of phenolic OH excluding ortho intramolecular Hbond substituents is 2. The molecule has 0 saturated carbocycles. The summed E-state index contributed by atoms with van der Waals surface area (Å²) in [5.74, 6) is -1.47. The van der Waals surface area contributed by atoms with Crippen molar-refractivity contribution in [2.45, 2.75) is 20.8 Å². The lowest BCUT2D eigenvalue weighted by molar-refractivity contribution is 0.0694. The fourth-order valence-electron chi connectivity index (χ4n) is 1.51. The maximum absolute atomic E-state index is 10.8. The van der Waals surface area contributed by atoms with Crippen molar-refractivity contribution in [3.63, 3.8) is 0 Å². The number of rotatable bonds is 1. The number of carboxylic acids is 1. The van der Waals surface area contributed by atoms with E-state index in [9.17, 15) is 15.0 Å². The Balaban J connectivity index is 3.68. The molecule has 0 aliphatic rings. The Kier molecular flexibility index (Phi) is 2.38. The van der Waals surface area contributed by atoms with Gasteiger partial charge < -0.3 is 15.3 Å². The van der Waals surface area contributed by atoms with Crippen LogP contribution < -0.4 is 0 Å². The summed E-state index contributed by atoms with van der Waals surface area (Å²) in [5, 5.41) is 27.9. The number of hydrogen-bond donors (Lipinski definition) is 3.